The number of urea groups is 1. The van der Waals surface area contributed by atoms with Gasteiger partial charge in [-0.3, -0.25) is 19.3 Å². The number of hydrogen-bond donors (Lipinski definition) is 1. The van der Waals surface area contributed by atoms with Crippen LogP contribution < -0.4 is 10.9 Å². The number of carbonyl (C=O) groups is 3. The van der Waals surface area contributed by atoms with E-state index in [-0.39, 0.29) is 36.3 Å². The van der Waals surface area contributed by atoms with E-state index in [2.05, 4.69) is 5.32 Å². The van der Waals surface area contributed by atoms with Gasteiger partial charge in [0.15, 0.2) is 0 Å². The van der Waals surface area contributed by atoms with Crippen LogP contribution >= 0.6 is 11.6 Å². The number of rotatable bonds is 4. The maximum absolute atomic E-state index is 13.0. The first-order valence-electron chi connectivity index (χ1n) is 10.7. The minimum absolute atomic E-state index is 0.00367. The topological polar surface area (TPSA) is 91.7 Å². The molecule has 0 spiro atoms. The van der Waals surface area contributed by atoms with Gasteiger partial charge in [-0.1, -0.05) is 29.8 Å². The predicted octanol–water partition coefficient (Wildman–Crippen LogP) is 1.96. The van der Waals surface area contributed by atoms with Crippen molar-refractivity contribution in [2.75, 3.05) is 13.1 Å². The number of aromatic nitrogens is 1. The Bertz CT molecular complexity index is 1160. The van der Waals surface area contributed by atoms with Crippen molar-refractivity contribution in [2.24, 2.45) is 5.92 Å². The zero-order valence-electron chi connectivity index (χ0n) is 17.4. The van der Waals surface area contributed by atoms with Crippen molar-refractivity contribution >= 4 is 29.4 Å². The second-order valence-electron chi connectivity index (χ2n) is 8.76. The maximum Gasteiger partial charge on any atom is 0.325 e. The van der Waals surface area contributed by atoms with E-state index >= 15 is 0 Å². The van der Waals surface area contributed by atoms with E-state index in [0.29, 0.717) is 24.7 Å². The van der Waals surface area contributed by atoms with Crippen LogP contribution in [0.2, 0.25) is 5.02 Å². The number of hydrogen-bond acceptors (Lipinski definition) is 4. The summed E-state index contributed by atoms with van der Waals surface area (Å²) < 4.78 is 1.81. The van der Waals surface area contributed by atoms with Crippen LogP contribution in [0.25, 0.3) is 0 Å². The SMILES string of the molecule is O=C(CC1NC(=O)N(Cc2cccc(Cl)c2)C1=O)N1C[C@@H]2C[C@@H](C1)c1cccc(=O)n1C2. The largest absolute Gasteiger partial charge is 0.342 e. The van der Waals surface area contributed by atoms with Crippen molar-refractivity contribution < 1.29 is 14.4 Å². The molecule has 2 saturated heterocycles. The molecule has 4 amide bonds. The highest BCUT2D eigenvalue weighted by Crippen LogP contribution is 2.35. The number of likely N-dealkylation sites (tertiary alicyclic amines) is 1. The molecule has 2 aromatic rings. The number of fused-ring (bicyclic) bond motifs is 4. The van der Waals surface area contributed by atoms with Gasteiger partial charge in [-0.15, -0.1) is 0 Å². The molecule has 2 bridgehead atoms. The fourth-order valence-corrected chi connectivity index (χ4v) is 5.30. The van der Waals surface area contributed by atoms with E-state index in [9.17, 15) is 19.2 Å². The van der Waals surface area contributed by atoms with Gasteiger partial charge >= 0.3 is 6.03 Å². The van der Waals surface area contributed by atoms with Crippen LogP contribution in [0.5, 0.6) is 0 Å². The van der Waals surface area contributed by atoms with Crippen molar-refractivity contribution in [3.63, 3.8) is 0 Å². The maximum atomic E-state index is 13.0. The standard InChI is InChI=1S/C23H23ClN4O4/c24-17-4-1-3-14(8-17)11-28-22(31)18(25-23(28)32)9-21(30)26-10-15-7-16(13-26)19-5-2-6-20(29)27(19)12-15/h1-6,8,15-16,18H,7,9-13H2,(H,25,32)/t15-,16-,18?/m0/s1. The number of piperidine rings is 1. The number of benzene rings is 1. The highest BCUT2D eigenvalue weighted by Gasteiger charge is 2.41. The van der Waals surface area contributed by atoms with Gasteiger partial charge in [0.25, 0.3) is 11.5 Å². The van der Waals surface area contributed by atoms with E-state index in [1.165, 1.54) is 0 Å². The molecular formula is C23H23ClN4O4. The molecule has 1 aromatic heterocycles. The summed E-state index contributed by atoms with van der Waals surface area (Å²) >= 11 is 5.99. The average Bonchev–Trinajstić information content (AvgIpc) is 3.02. The first-order chi connectivity index (χ1) is 15.4. The molecule has 5 rings (SSSR count). The van der Waals surface area contributed by atoms with Gasteiger partial charge < -0.3 is 14.8 Å². The fraction of sp³-hybridized carbons (Fsp3) is 0.391. The molecule has 9 heteroatoms. The van der Waals surface area contributed by atoms with Crippen LogP contribution in [0.1, 0.15) is 30.0 Å². The van der Waals surface area contributed by atoms with Crippen molar-refractivity contribution in [3.05, 3.63) is 69.1 Å². The van der Waals surface area contributed by atoms with Crippen LogP contribution in [0, 0.1) is 5.92 Å². The van der Waals surface area contributed by atoms with Crippen LogP contribution in [-0.4, -0.2) is 51.3 Å². The summed E-state index contributed by atoms with van der Waals surface area (Å²) in [5.41, 5.74) is 1.70. The van der Waals surface area contributed by atoms with E-state index in [4.69, 9.17) is 11.6 Å². The molecule has 3 aliphatic rings. The Balaban J connectivity index is 1.25. The monoisotopic (exact) mass is 454 g/mol. The van der Waals surface area contributed by atoms with Gasteiger partial charge in [0.1, 0.15) is 6.04 Å². The molecule has 1 aromatic carbocycles. The number of nitrogens with zero attached hydrogens (tertiary/aromatic N) is 3. The zero-order valence-corrected chi connectivity index (χ0v) is 18.1. The predicted molar refractivity (Wildman–Crippen MR) is 117 cm³/mol. The van der Waals surface area contributed by atoms with E-state index in [1.54, 1.807) is 41.3 Å². The van der Waals surface area contributed by atoms with Crippen molar-refractivity contribution in [2.45, 2.75) is 37.9 Å². The molecule has 3 atom stereocenters. The number of pyridine rings is 1. The fourth-order valence-electron chi connectivity index (χ4n) is 5.09. The smallest absolute Gasteiger partial charge is 0.325 e. The number of carbonyl (C=O) groups excluding carboxylic acids is 3. The van der Waals surface area contributed by atoms with Gasteiger partial charge in [0.2, 0.25) is 5.91 Å². The summed E-state index contributed by atoms with van der Waals surface area (Å²) in [6.45, 7) is 1.77. The summed E-state index contributed by atoms with van der Waals surface area (Å²) in [6, 6.07) is 10.9. The Hall–Kier alpha value is -3.13. The normalized spacial score (nSPS) is 24.3. The lowest BCUT2D eigenvalue weighted by atomic mass is 9.83. The van der Waals surface area contributed by atoms with E-state index in [0.717, 1.165) is 22.6 Å². The van der Waals surface area contributed by atoms with Crippen molar-refractivity contribution in [1.82, 2.24) is 19.7 Å². The lowest BCUT2D eigenvalue weighted by molar-refractivity contribution is -0.137. The molecule has 0 radical (unpaired) electrons. The third-order valence-corrected chi connectivity index (χ3v) is 6.78. The quantitative estimate of drug-likeness (QED) is 0.715. The molecule has 166 valence electrons. The first-order valence-corrected chi connectivity index (χ1v) is 11.1. The van der Waals surface area contributed by atoms with Gasteiger partial charge in [-0.25, -0.2) is 4.79 Å². The van der Waals surface area contributed by atoms with Crippen LogP contribution in [-0.2, 0) is 22.7 Å². The average molecular weight is 455 g/mol. The molecular weight excluding hydrogens is 432 g/mol. The zero-order chi connectivity index (χ0) is 22.4. The Morgan fingerprint density at radius 2 is 1.88 bits per heavy atom. The Kier molecular flexibility index (Phi) is 5.25. The summed E-state index contributed by atoms with van der Waals surface area (Å²) in [7, 11) is 0. The summed E-state index contributed by atoms with van der Waals surface area (Å²) in [5.74, 6) is -0.251. The van der Waals surface area contributed by atoms with Crippen LogP contribution in [0.15, 0.2) is 47.3 Å². The van der Waals surface area contributed by atoms with E-state index < -0.39 is 18.0 Å². The second kappa shape index (κ2) is 8.09. The lowest BCUT2D eigenvalue weighted by Crippen LogP contribution is -2.50. The molecule has 3 aliphatic heterocycles. The lowest BCUT2D eigenvalue weighted by Gasteiger charge is -2.43. The Labute approximate surface area is 189 Å². The second-order valence-corrected chi connectivity index (χ2v) is 9.19. The molecule has 1 unspecified atom stereocenters. The molecule has 8 nitrogen and oxygen atoms in total. The van der Waals surface area contributed by atoms with Crippen LogP contribution in [0.4, 0.5) is 4.79 Å². The van der Waals surface area contributed by atoms with Crippen molar-refractivity contribution in [3.8, 4) is 0 Å². The highest BCUT2D eigenvalue weighted by atomic mass is 35.5. The van der Waals surface area contributed by atoms with Gasteiger partial charge in [0.05, 0.1) is 13.0 Å². The van der Waals surface area contributed by atoms with Gasteiger partial charge in [-0.2, -0.15) is 0 Å². The molecule has 0 aliphatic carbocycles. The minimum atomic E-state index is -0.870. The Morgan fingerprint density at radius 3 is 2.69 bits per heavy atom. The molecule has 1 N–H and O–H groups in total. The van der Waals surface area contributed by atoms with Crippen molar-refractivity contribution in [1.29, 1.82) is 0 Å². The highest BCUT2D eigenvalue weighted by molar-refractivity contribution is 6.30. The van der Waals surface area contributed by atoms with Gasteiger partial charge in [-0.05, 0) is 36.1 Å². The molecule has 32 heavy (non-hydrogen) atoms. The number of halogens is 1. The third kappa shape index (κ3) is 3.79. The van der Waals surface area contributed by atoms with E-state index in [1.807, 2.05) is 10.6 Å². The minimum Gasteiger partial charge on any atom is -0.342 e. The number of nitrogens with one attached hydrogen (secondary N) is 1. The number of amides is 4. The summed E-state index contributed by atoms with van der Waals surface area (Å²) in [5, 5.41) is 3.17. The molecule has 4 heterocycles. The van der Waals surface area contributed by atoms with Crippen LogP contribution in [0.3, 0.4) is 0 Å². The summed E-state index contributed by atoms with van der Waals surface area (Å²) in [4.78, 5) is 53.3. The number of imide groups is 1. The Morgan fingerprint density at radius 1 is 1.06 bits per heavy atom. The summed E-state index contributed by atoms with van der Waals surface area (Å²) in [6.07, 6.45) is 0.872. The first kappa shape index (κ1) is 20.8. The molecule has 2 fully saturated rings. The third-order valence-electron chi connectivity index (χ3n) is 6.55. The van der Waals surface area contributed by atoms with Gasteiger partial charge in [0, 0.05) is 42.3 Å². The molecule has 0 saturated carbocycles.